The smallest absolute Gasteiger partial charge is 0.269 e. The van der Waals surface area contributed by atoms with Crippen LogP contribution in [0.15, 0.2) is 30.5 Å². The first kappa shape index (κ1) is 16.1. The van der Waals surface area contributed by atoms with Crippen LogP contribution in [0.1, 0.15) is 19.4 Å². The van der Waals surface area contributed by atoms with Gasteiger partial charge in [0.05, 0.1) is 16.2 Å². The van der Waals surface area contributed by atoms with Gasteiger partial charge in [-0.1, -0.05) is 0 Å². The van der Waals surface area contributed by atoms with Gasteiger partial charge in [-0.2, -0.15) is 5.10 Å². The molecule has 2 rings (SSSR count). The molecule has 1 aromatic heterocycles. The number of non-ortho nitro benzene ring substituents is 1. The third kappa shape index (κ3) is 4.12. The first-order valence-corrected chi connectivity index (χ1v) is 6.97. The lowest BCUT2D eigenvalue weighted by molar-refractivity contribution is -0.384. The SMILES string of the molecule is Cn1cc(CNCC(C)(C)O)c(-c2ccc([N+](=O)[O-])cc2)n1. The number of nitro groups is 1. The number of benzene rings is 1. The summed E-state index contributed by atoms with van der Waals surface area (Å²) in [6.07, 6.45) is 1.90. The average Bonchev–Trinajstić information content (AvgIpc) is 2.78. The maximum atomic E-state index is 10.7. The Balaban J connectivity index is 2.18. The van der Waals surface area contributed by atoms with Crippen LogP contribution >= 0.6 is 0 Å². The molecule has 0 saturated heterocycles. The van der Waals surface area contributed by atoms with Gasteiger partial charge in [-0.05, 0) is 26.0 Å². The third-order valence-electron chi connectivity index (χ3n) is 3.13. The molecule has 0 bridgehead atoms. The molecule has 118 valence electrons. The van der Waals surface area contributed by atoms with Gasteiger partial charge in [-0.25, -0.2) is 0 Å². The normalized spacial score (nSPS) is 11.6. The summed E-state index contributed by atoms with van der Waals surface area (Å²) in [6, 6.07) is 6.33. The number of hydrogen-bond acceptors (Lipinski definition) is 5. The standard InChI is InChI=1S/C15H20N4O3/c1-15(2,20)10-16-8-12-9-18(3)17-14(12)11-4-6-13(7-5-11)19(21)22/h4-7,9,16,20H,8,10H2,1-3H3. The van der Waals surface area contributed by atoms with E-state index in [0.717, 1.165) is 16.8 Å². The predicted molar refractivity (Wildman–Crippen MR) is 83.3 cm³/mol. The minimum atomic E-state index is -0.782. The Kier molecular flexibility index (Phi) is 4.58. The van der Waals surface area contributed by atoms with Crippen LogP contribution in [0.4, 0.5) is 5.69 Å². The van der Waals surface area contributed by atoms with Gasteiger partial charge in [0.25, 0.3) is 5.69 Å². The fourth-order valence-corrected chi connectivity index (χ4v) is 2.15. The van der Waals surface area contributed by atoms with Crippen molar-refractivity contribution in [3.8, 4) is 11.3 Å². The highest BCUT2D eigenvalue weighted by Crippen LogP contribution is 2.24. The first-order chi connectivity index (χ1) is 10.3. The molecule has 0 saturated carbocycles. The molecule has 1 aromatic carbocycles. The average molecular weight is 304 g/mol. The largest absolute Gasteiger partial charge is 0.389 e. The Morgan fingerprint density at radius 1 is 1.36 bits per heavy atom. The van der Waals surface area contributed by atoms with Gasteiger partial charge in [0, 0.05) is 49.6 Å². The summed E-state index contributed by atoms with van der Waals surface area (Å²) in [4.78, 5) is 10.3. The molecule has 2 aromatic rings. The Morgan fingerprint density at radius 3 is 2.55 bits per heavy atom. The quantitative estimate of drug-likeness (QED) is 0.627. The molecule has 0 fully saturated rings. The molecular formula is C15H20N4O3. The first-order valence-electron chi connectivity index (χ1n) is 6.97. The minimum Gasteiger partial charge on any atom is -0.389 e. The van der Waals surface area contributed by atoms with Crippen molar-refractivity contribution in [3.63, 3.8) is 0 Å². The fraction of sp³-hybridized carbons (Fsp3) is 0.400. The molecule has 0 aliphatic heterocycles. The van der Waals surface area contributed by atoms with Crippen LogP contribution in [0.5, 0.6) is 0 Å². The second kappa shape index (κ2) is 6.25. The summed E-state index contributed by atoms with van der Waals surface area (Å²) in [6.45, 7) is 4.49. The van der Waals surface area contributed by atoms with E-state index in [1.165, 1.54) is 12.1 Å². The maximum absolute atomic E-state index is 10.7. The number of hydrogen-bond donors (Lipinski definition) is 2. The summed E-state index contributed by atoms with van der Waals surface area (Å²) in [7, 11) is 1.83. The summed E-state index contributed by atoms with van der Waals surface area (Å²) in [5.41, 5.74) is 1.85. The Labute approximate surface area is 128 Å². The molecule has 0 spiro atoms. The van der Waals surface area contributed by atoms with E-state index in [-0.39, 0.29) is 5.69 Å². The molecule has 2 N–H and O–H groups in total. The van der Waals surface area contributed by atoms with Crippen LogP contribution in [-0.2, 0) is 13.6 Å². The lowest BCUT2D eigenvalue weighted by Crippen LogP contribution is -2.34. The lowest BCUT2D eigenvalue weighted by Gasteiger charge is -2.17. The highest BCUT2D eigenvalue weighted by molar-refractivity contribution is 5.64. The zero-order chi connectivity index (χ0) is 16.3. The van der Waals surface area contributed by atoms with Gasteiger partial charge in [-0.3, -0.25) is 14.8 Å². The summed E-state index contributed by atoms with van der Waals surface area (Å²) in [5.74, 6) is 0. The zero-order valence-corrected chi connectivity index (χ0v) is 12.9. The second-order valence-corrected chi connectivity index (χ2v) is 5.90. The van der Waals surface area contributed by atoms with E-state index < -0.39 is 10.5 Å². The Morgan fingerprint density at radius 2 is 2.00 bits per heavy atom. The van der Waals surface area contributed by atoms with E-state index in [0.29, 0.717) is 13.1 Å². The van der Waals surface area contributed by atoms with E-state index in [9.17, 15) is 15.2 Å². The van der Waals surface area contributed by atoms with Crippen molar-refractivity contribution < 1.29 is 10.0 Å². The van der Waals surface area contributed by atoms with Crippen molar-refractivity contribution in [2.45, 2.75) is 26.0 Å². The van der Waals surface area contributed by atoms with Crippen LogP contribution in [0, 0.1) is 10.1 Å². The van der Waals surface area contributed by atoms with Crippen LogP contribution in [-0.4, -0.2) is 32.0 Å². The molecule has 7 heteroatoms. The van der Waals surface area contributed by atoms with Crippen LogP contribution < -0.4 is 5.32 Å². The second-order valence-electron chi connectivity index (χ2n) is 5.90. The molecule has 0 atom stereocenters. The monoisotopic (exact) mass is 304 g/mol. The number of aliphatic hydroxyl groups is 1. The number of rotatable bonds is 6. The molecule has 22 heavy (non-hydrogen) atoms. The summed E-state index contributed by atoms with van der Waals surface area (Å²) in [5, 5.41) is 28.0. The van der Waals surface area contributed by atoms with Gasteiger partial charge >= 0.3 is 0 Å². The van der Waals surface area contributed by atoms with Crippen LogP contribution in [0.25, 0.3) is 11.3 Å². The van der Waals surface area contributed by atoms with Gasteiger partial charge in [0.15, 0.2) is 0 Å². The van der Waals surface area contributed by atoms with Crippen molar-refractivity contribution in [2.24, 2.45) is 7.05 Å². The number of aryl methyl sites for hydroxylation is 1. The van der Waals surface area contributed by atoms with E-state index in [1.54, 1.807) is 30.7 Å². The Hall–Kier alpha value is -2.25. The van der Waals surface area contributed by atoms with Crippen molar-refractivity contribution >= 4 is 5.69 Å². The molecular weight excluding hydrogens is 284 g/mol. The van der Waals surface area contributed by atoms with Crippen LogP contribution in [0.2, 0.25) is 0 Å². The minimum absolute atomic E-state index is 0.0568. The van der Waals surface area contributed by atoms with Crippen molar-refractivity contribution in [2.75, 3.05) is 6.54 Å². The molecule has 1 heterocycles. The molecule has 0 radical (unpaired) electrons. The predicted octanol–water partition coefficient (Wildman–Crippen LogP) is 1.86. The third-order valence-corrected chi connectivity index (χ3v) is 3.13. The van der Waals surface area contributed by atoms with Crippen molar-refractivity contribution in [1.29, 1.82) is 0 Å². The van der Waals surface area contributed by atoms with E-state index >= 15 is 0 Å². The molecule has 0 aliphatic carbocycles. The topological polar surface area (TPSA) is 93.2 Å². The highest BCUT2D eigenvalue weighted by atomic mass is 16.6. The van der Waals surface area contributed by atoms with Gasteiger partial charge in [0.1, 0.15) is 0 Å². The lowest BCUT2D eigenvalue weighted by atomic mass is 10.1. The van der Waals surface area contributed by atoms with Crippen molar-refractivity contribution in [1.82, 2.24) is 15.1 Å². The Bertz CT molecular complexity index is 656. The number of nitrogens with zero attached hydrogens (tertiary/aromatic N) is 3. The maximum Gasteiger partial charge on any atom is 0.269 e. The summed E-state index contributed by atoms with van der Waals surface area (Å²) < 4.78 is 1.71. The summed E-state index contributed by atoms with van der Waals surface area (Å²) >= 11 is 0. The number of nitrogens with one attached hydrogen (secondary N) is 1. The van der Waals surface area contributed by atoms with Crippen molar-refractivity contribution in [3.05, 3.63) is 46.1 Å². The van der Waals surface area contributed by atoms with E-state index in [4.69, 9.17) is 0 Å². The number of aromatic nitrogens is 2. The number of nitro benzene ring substituents is 1. The van der Waals surface area contributed by atoms with E-state index in [2.05, 4.69) is 10.4 Å². The van der Waals surface area contributed by atoms with Gasteiger partial charge in [0.2, 0.25) is 0 Å². The highest BCUT2D eigenvalue weighted by Gasteiger charge is 2.15. The van der Waals surface area contributed by atoms with Crippen LogP contribution in [0.3, 0.4) is 0 Å². The molecule has 0 aliphatic rings. The molecule has 7 nitrogen and oxygen atoms in total. The zero-order valence-electron chi connectivity index (χ0n) is 12.9. The molecule has 0 unspecified atom stereocenters. The van der Waals surface area contributed by atoms with Gasteiger partial charge in [-0.15, -0.1) is 0 Å². The molecule has 0 amide bonds. The van der Waals surface area contributed by atoms with E-state index in [1.807, 2.05) is 13.2 Å². The van der Waals surface area contributed by atoms with Gasteiger partial charge < -0.3 is 10.4 Å². The fourth-order valence-electron chi connectivity index (χ4n) is 2.15.